The highest BCUT2D eigenvalue weighted by Crippen LogP contribution is 2.29. The summed E-state index contributed by atoms with van der Waals surface area (Å²) in [6.07, 6.45) is 6.91. The summed E-state index contributed by atoms with van der Waals surface area (Å²) < 4.78 is 3.87. The highest BCUT2D eigenvalue weighted by Gasteiger charge is 2.23. The molecule has 3 aromatic heterocycles. The molecule has 130 valence electrons. The molecule has 7 heteroatoms. The molecular weight excluding hydrogens is 316 g/mol. The molecule has 0 spiro atoms. The standard InChI is InChI=1S/C18H22N6O/c1-13-9-15-17(22(13)2)18(21-11-20-15)23-7-4-14(5-8-23)10-24-12-19-6-3-16(24)25/h3,6,9,11-12,14H,4-5,7-8,10H2,1-2H3. The van der Waals surface area contributed by atoms with Crippen molar-refractivity contribution >= 4 is 16.9 Å². The van der Waals surface area contributed by atoms with Crippen LogP contribution in [0.3, 0.4) is 0 Å². The summed E-state index contributed by atoms with van der Waals surface area (Å²) in [5, 5.41) is 0. The first-order valence-corrected chi connectivity index (χ1v) is 8.66. The van der Waals surface area contributed by atoms with Crippen molar-refractivity contribution in [2.75, 3.05) is 18.0 Å². The van der Waals surface area contributed by atoms with Crippen molar-refractivity contribution in [3.63, 3.8) is 0 Å². The van der Waals surface area contributed by atoms with Crippen LogP contribution in [0.25, 0.3) is 11.0 Å². The van der Waals surface area contributed by atoms with Gasteiger partial charge < -0.3 is 9.47 Å². The molecule has 25 heavy (non-hydrogen) atoms. The molecule has 4 heterocycles. The van der Waals surface area contributed by atoms with E-state index in [1.807, 2.05) is 0 Å². The fourth-order valence-electron chi connectivity index (χ4n) is 3.63. The quantitative estimate of drug-likeness (QED) is 0.728. The summed E-state index contributed by atoms with van der Waals surface area (Å²) in [6, 6.07) is 3.62. The van der Waals surface area contributed by atoms with Crippen LogP contribution >= 0.6 is 0 Å². The van der Waals surface area contributed by atoms with Crippen molar-refractivity contribution in [1.29, 1.82) is 0 Å². The second-order valence-electron chi connectivity index (χ2n) is 6.78. The first-order chi connectivity index (χ1) is 12.1. The molecule has 1 aliphatic heterocycles. The van der Waals surface area contributed by atoms with Crippen LogP contribution in [0.4, 0.5) is 5.82 Å². The highest BCUT2D eigenvalue weighted by atomic mass is 16.1. The number of fused-ring (bicyclic) bond motifs is 1. The van der Waals surface area contributed by atoms with Crippen LogP contribution in [0.2, 0.25) is 0 Å². The molecule has 0 radical (unpaired) electrons. The van der Waals surface area contributed by atoms with E-state index in [1.54, 1.807) is 23.4 Å². The van der Waals surface area contributed by atoms with E-state index in [0.29, 0.717) is 5.92 Å². The zero-order valence-corrected chi connectivity index (χ0v) is 14.6. The summed E-state index contributed by atoms with van der Waals surface area (Å²) in [5.74, 6) is 1.50. The summed E-state index contributed by atoms with van der Waals surface area (Å²) >= 11 is 0. The number of aromatic nitrogens is 5. The highest BCUT2D eigenvalue weighted by molar-refractivity contribution is 5.87. The second-order valence-corrected chi connectivity index (χ2v) is 6.78. The molecule has 0 bridgehead atoms. The van der Waals surface area contributed by atoms with Gasteiger partial charge in [-0.3, -0.25) is 9.36 Å². The average Bonchev–Trinajstić information content (AvgIpc) is 2.92. The van der Waals surface area contributed by atoms with E-state index in [1.165, 1.54) is 11.8 Å². The summed E-state index contributed by atoms with van der Waals surface area (Å²) in [4.78, 5) is 27.2. The molecule has 1 fully saturated rings. The smallest absolute Gasteiger partial charge is 0.253 e. The summed E-state index contributed by atoms with van der Waals surface area (Å²) in [5.41, 5.74) is 3.30. The van der Waals surface area contributed by atoms with Gasteiger partial charge in [-0.15, -0.1) is 0 Å². The normalized spacial score (nSPS) is 15.8. The van der Waals surface area contributed by atoms with E-state index in [9.17, 15) is 4.79 Å². The van der Waals surface area contributed by atoms with Gasteiger partial charge in [0.1, 0.15) is 11.8 Å². The topological polar surface area (TPSA) is 68.8 Å². The van der Waals surface area contributed by atoms with Crippen molar-refractivity contribution < 1.29 is 0 Å². The van der Waals surface area contributed by atoms with Crippen LogP contribution in [0, 0.1) is 12.8 Å². The van der Waals surface area contributed by atoms with Crippen molar-refractivity contribution in [3.05, 3.63) is 47.0 Å². The maximum Gasteiger partial charge on any atom is 0.253 e. The SMILES string of the molecule is Cc1cc2ncnc(N3CCC(Cn4cnccc4=O)CC3)c2n1C. The minimum atomic E-state index is 0.0224. The van der Waals surface area contributed by atoms with Gasteiger partial charge in [0.15, 0.2) is 5.82 Å². The Morgan fingerprint density at radius 3 is 2.80 bits per heavy atom. The molecule has 0 unspecified atom stereocenters. The van der Waals surface area contributed by atoms with E-state index in [0.717, 1.165) is 49.3 Å². The lowest BCUT2D eigenvalue weighted by molar-refractivity contribution is 0.350. The molecule has 0 aromatic carbocycles. The lowest BCUT2D eigenvalue weighted by atomic mass is 9.96. The fourth-order valence-corrected chi connectivity index (χ4v) is 3.63. The van der Waals surface area contributed by atoms with E-state index in [4.69, 9.17) is 0 Å². The third-order valence-electron chi connectivity index (χ3n) is 5.20. The lowest BCUT2D eigenvalue weighted by Gasteiger charge is -2.33. The number of rotatable bonds is 3. The second kappa shape index (κ2) is 6.31. The molecule has 0 amide bonds. The molecule has 4 rings (SSSR count). The Morgan fingerprint density at radius 2 is 2.04 bits per heavy atom. The maximum atomic E-state index is 11.9. The van der Waals surface area contributed by atoms with E-state index in [2.05, 4.69) is 44.5 Å². The van der Waals surface area contributed by atoms with E-state index < -0.39 is 0 Å². The number of anilines is 1. The molecule has 0 atom stereocenters. The molecule has 0 saturated carbocycles. The molecular formula is C18H22N6O. The lowest BCUT2D eigenvalue weighted by Crippen LogP contribution is -2.37. The van der Waals surface area contributed by atoms with Gasteiger partial charge in [0.05, 0.1) is 11.8 Å². The van der Waals surface area contributed by atoms with Crippen LogP contribution in [-0.2, 0) is 13.6 Å². The van der Waals surface area contributed by atoms with Gasteiger partial charge in [0.25, 0.3) is 5.56 Å². The summed E-state index contributed by atoms with van der Waals surface area (Å²) in [6.45, 7) is 4.71. The largest absolute Gasteiger partial charge is 0.355 e. The van der Waals surface area contributed by atoms with Crippen molar-refractivity contribution in [1.82, 2.24) is 24.1 Å². The molecule has 1 aliphatic rings. The molecule has 7 nitrogen and oxygen atoms in total. The Kier molecular flexibility index (Phi) is 3.99. The van der Waals surface area contributed by atoms with Crippen LogP contribution in [0.1, 0.15) is 18.5 Å². The van der Waals surface area contributed by atoms with Gasteiger partial charge in [0, 0.05) is 44.6 Å². The van der Waals surface area contributed by atoms with Gasteiger partial charge >= 0.3 is 0 Å². The van der Waals surface area contributed by atoms with Gasteiger partial charge in [-0.2, -0.15) is 0 Å². The van der Waals surface area contributed by atoms with E-state index in [-0.39, 0.29) is 5.56 Å². The van der Waals surface area contributed by atoms with Gasteiger partial charge in [0.2, 0.25) is 0 Å². The van der Waals surface area contributed by atoms with Crippen molar-refractivity contribution in [2.45, 2.75) is 26.3 Å². The molecule has 0 aliphatic carbocycles. The number of nitrogens with zero attached hydrogens (tertiary/aromatic N) is 6. The average molecular weight is 338 g/mol. The van der Waals surface area contributed by atoms with Crippen LogP contribution < -0.4 is 10.5 Å². The number of hydrogen-bond donors (Lipinski definition) is 0. The Bertz CT molecular complexity index is 952. The van der Waals surface area contributed by atoms with Gasteiger partial charge in [-0.25, -0.2) is 15.0 Å². The number of piperidine rings is 1. The first kappa shape index (κ1) is 15.8. The van der Waals surface area contributed by atoms with Gasteiger partial charge in [-0.1, -0.05) is 0 Å². The van der Waals surface area contributed by atoms with Crippen LogP contribution in [-0.4, -0.2) is 37.2 Å². The maximum absolute atomic E-state index is 11.9. The van der Waals surface area contributed by atoms with E-state index >= 15 is 0 Å². The Morgan fingerprint density at radius 1 is 1.24 bits per heavy atom. The van der Waals surface area contributed by atoms with Crippen LogP contribution in [0.15, 0.2) is 35.8 Å². The van der Waals surface area contributed by atoms with Gasteiger partial charge in [-0.05, 0) is 31.7 Å². The minimum Gasteiger partial charge on any atom is -0.355 e. The third kappa shape index (κ3) is 2.90. The molecule has 0 N–H and O–H groups in total. The summed E-state index contributed by atoms with van der Waals surface area (Å²) in [7, 11) is 2.06. The zero-order chi connectivity index (χ0) is 17.4. The minimum absolute atomic E-state index is 0.0224. The Labute approximate surface area is 146 Å². The molecule has 1 saturated heterocycles. The third-order valence-corrected chi connectivity index (χ3v) is 5.20. The Balaban J connectivity index is 1.51. The fraction of sp³-hybridized carbons (Fsp3) is 0.444. The predicted octanol–water partition coefficient (Wildman–Crippen LogP) is 1.75. The van der Waals surface area contributed by atoms with Crippen molar-refractivity contribution in [2.24, 2.45) is 13.0 Å². The Hall–Kier alpha value is -2.70. The number of aryl methyl sites for hydroxylation is 2. The van der Waals surface area contributed by atoms with Crippen LogP contribution in [0.5, 0.6) is 0 Å². The number of hydrogen-bond acceptors (Lipinski definition) is 5. The molecule has 3 aromatic rings. The first-order valence-electron chi connectivity index (χ1n) is 8.66. The zero-order valence-electron chi connectivity index (χ0n) is 14.6. The van der Waals surface area contributed by atoms with Crippen molar-refractivity contribution in [3.8, 4) is 0 Å². The monoisotopic (exact) mass is 338 g/mol. The predicted molar refractivity (Wildman–Crippen MR) is 96.7 cm³/mol.